The molecule has 0 aromatic heterocycles. The van der Waals surface area contributed by atoms with Crippen molar-refractivity contribution < 1.29 is 22.8 Å². The van der Waals surface area contributed by atoms with Gasteiger partial charge >= 0.3 is 6.18 Å². The summed E-state index contributed by atoms with van der Waals surface area (Å²) in [5, 5.41) is 2.29. The van der Waals surface area contributed by atoms with E-state index in [0.717, 1.165) is 12.1 Å². The molecule has 1 aromatic carbocycles. The fourth-order valence-electron chi connectivity index (χ4n) is 1.41. The Hall–Kier alpha value is -2.05. The highest BCUT2D eigenvalue weighted by Crippen LogP contribution is 2.29. The normalized spacial score (nSPS) is 12.8. The highest BCUT2D eigenvalue weighted by molar-refractivity contribution is 5.87. The Kier molecular flexibility index (Phi) is 4.52. The van der Waals surface area contributed by atoms with Crippen LogP contribution in [-0.4, -0.2) is 17.9 Å². The maximum Gasteiger partial charge on any atom is 0.416 e. The minimum absolute atomic E-state index is 0.212. The maximum atomic E-state index is 12.5. The Bertz CT molecular complexity index is 486. The third-order valence-corrected chi connectivity index (χ3v) is 2.42. The lowest BCUT2D eigenvalue weighted by molar-refractivity contribution is -0.137. The average molecular weight is 274 g/mol. The molecule has 0 spiro atoms. The van der Waals surface area contributed by atoms with Gasteiger partial charge in [0.25, 0.3) is 0 Å². The molecule has 19 heavy (non-hydrogen) atoms. The number of rotatable bonds is 4. The molecule has 0 bridgehead atoms. The smallest absolute Gasteiger partial charge is 0.368 e. The summed E-state index contributed by atoms with van der Waals surface area (Å²) in [4.78, 5) is 22.2. The van der Waals surface area contributed by atoms with Gasteiger partial charge in [-0.15, -0.1) is 0 Å². The molecule has 7 heteroatoms. The van der Waals surface area contributed by atoms with Crippen LogP contribution in [0, 0.1) is 0 Å². The van der Waals surface area contributed by atoms with E-state index in [1.54, 1.807) is 0 Å². The van der Waals surface area contributed by atoms with Crippen LogP contribution >= 0.6 is 0 Å². The minimum Gasteiger partial charge on any atom is -0.368 e. The number of nitrogens with two attached hydrogens (primary N) is 1. The van der Waals surface area contributed by atoms with Crippen molar-refractivity contribution in [1.29, 1.82) is 0 Å². The van der Waals surface area contributed by atoms with Crippen LogP contribution in [0.15, 0.2) is 24.3 Å². The van der Waals surface area contributed by atoms with Crippen molar-refractivity contribution in [3.63, 3.8) is 0 Å². The number of carbonyl (C=O) groups is 2. The van der Waals surface area contributed by atoms with Gasteiger partial charge in [0, 0.05) is 0 Å². The molecule has 1 aromatic rings. The molecular weight excluding hydrogens is 261 g/mol. The van der Waals surface area contributed by atoms with Gasteiger partial charge in [-0.1, -0.05) is 18.2 Å². The summed E-state index contributed by atoms with van der Waals surface area (Å²) in [6, 6.07) is 3.59. The summed E-state index contributed by atoms with van der Waals surface area (Å²) < 4.78 is 37.4. The second-order valence-corrected chi connectivity index (χ2v) is 4.07. The van der Waals surface area contributed by atoms with Crippen LogP contribution < -0.4 is 11.1 Å². The van der Waals surface area contributed by atoms with Crippen LogP contribution in [0.2, 0.25) is 0 Å². The van der Waals surface area contributed by atoms with Crippen LogP contribution in [0.3, 0.4) is 0 Å². The first-order chi connectivity index (χ1) is 8.70. The number of benzene rings is 1. The van der Waals surface area contributed by atoms with Crippen molar-refractivity contribution in [3.8, 4) is 0 Å². The molecule has 0 aliphatic heterocycles. The monoisotopic (exact) mass is 274 g/mol. The van der Waals surface area contributed by atoms with Crippen LogP contribution in [-0.2, 0) is 22.2 Å². The van der Waals surface area contributed by atoms with Gasteiger partial charge in [-0.3, -0.25) is 9.59 Å². The molecular formula is C12H13F3N2O2. The van der Waals surface area contributed by atoms with Crippen LogP contribution in [0.1, 0.15) is 18.1 Å². The summed E-state index contributed by atoms with van der Waals surface area (Å²) in [6.07, 6.45) is -4.70. The molecule has 0 heterocycles. The zero-order valence-corrected chi connectivity index (χ0v) is 10.1. The van der Waals surface area contributed by atoms with Crippen molar-refractivity contribution >= 4 is 11.8 Å². The molecule has 1 atom stereocenters. The maximum absolute atomic E-state index is 12.5. The molecule has 0 radical (unpaired) electrons. The number of halogens is 3. The van der Waals surface area contributed by atoms with E-state index < -0.39 is 29.6 Å². The number of primary amides is 1. The average Bonchev–Trinajstić information content (AvgIpc) is 2.27. The molecule has 0 saturated heterocycles. The molecule has 3 N–H and O–H groups in total. The number of nitrogens with one attached hydrogen (secondary N) is 1. The third-order valence-electron chi connectivity index (χ3n) is 2.42. The molecule has 0 fully saturated rings. The van der Waals surface area contributed by atoms with E-state index in [1.807, 2.05) is 0 Å². The van der Waals surface area contributed by atoms with Crippen molar-refractivity contribution in [2.24, 2.45) is 5.73 Å². The molecule has 2 amide bonds. The molecule has 0 aliphatic rings. The van der Waals surface area contributed by atoms with Gasteiger partial charge in [-0.2, -0.15) is 13.2 Å². The summed E-state index contributed by atoms with van der Waals surface area (Å²) >= 11 is 0. The van der Waals surface area contributed by atoms with Gasteiger partial charge in [0.05, 0.1) is 12.0 Å². The van der Waals surface area contributed by atoms with Crippen molar-refractivity contribution in [3.05, 3.63) is 35.4 Å². The van der Waals surface area contributed by atoms with Crippen molar-refractivity contribution in [2.75, 3.05) is 0 Å². The van der Waals surface area contributed by atoms with Gasteiger partial charge < -0.3 is 11.1 Å². The van der Waals surface area contributed by atoms with Gasteiger partial charge in [-0.05, 0) is 18.6 Å². The Balaban J connectivity index is 2.73. The predicted molar refractivity (Wildman–Crippen MR) is 61.9 cm³/mol. The highest BCUT2D eigenvalue weighted by atomic mass is 19.4. The van der Waals surface area contributed by atoms with E-state index in [2.05, 4.69) is 5.32 Å². The standard InChI is InChI=1S/C12H13F3N2O2/c1-7(11(16)19)17-10(18)6-8-3-2-4-9(5-8)12(13,14)15/h2-5,7H,6H2,1H3,(H2,16,19)(H,17,18)/t7-/m1/s1. The van der Waals surface area contributed by atoms with Gasteiger partial charge in [0.15, 0.2) is 0 Å². The number of carbonyl (C=O) groups excluding carboxylic acids is 2. The number of amides is 2. The fraction of sp³-hybridized carbons (Fsp3) is 0.333. The van der Waals surface area contributed by atoms with Crippen molar-refractivity contribution in [1.82, 2.24) is 5.32 Å². The number of hydrogen-bond acceptors (Lipinski definition) is 2. The molecule has 1 rings (SSSR count). The second-order valence-electron chi connectivity index (χ2n) is 4.07. The summed E-state index contributed by atoms with van der Waals surface area (Å²) in [7, 11) is 0. The number of alkyl halides is 3. The van der Waals surface area contributed by atoms with Gasteiger partial charge in [0.2, 0.25) is 11.8 Å². The predicted octanol–water partition coefficient (Wildman–Crippen LogP) is 1.24. The van der Waals surface area contributed by atoms with E-state index >= 15 is 0 Å². The van der Waals surface area contributed by atoms with E-state index in [1.165, 1.54) is 19.1 Å². The minimum atomic E-state index is -4.45. The molecule has 104 valence electrons. The lowest BCUT2D eigenvalue weighted by Crippen LogP contribution is -2.42. The SMILES string of the molecule is C[C@@H](NC(=O)Cc1cccc(C(F)(F)F)c1)C(N)=O. The third kappa shape index (κ3) is 4.61. The Morgan fingerprint density at radius 2 is 2.00 bits per heavy atom. The first-order valence-corrected chi connectivity index (χ1v) is 5.45. The van der Waals surface area contributed by atoms with Crippen LogP contribution in [0.4, 0.5) is 13.2 Å². The second kappa shape index (κ2) is 5.73. The van der Waals surface area contributed by atoms with E-state index in [4.69, 9.17) is 5.73 Å². The Morgan fingerprint density at radius 3 is 2.53 bits per heavy atom. The molecule has 0 unspecified atom stereocenters. The van der Waals surface area contributed by atoms with Crippen LogP contribution in [0.25, 0.3) is 0 Å². The van der Waals surface area contributed by atoms with Gasteiger partial charge in [-0.25, -0.2) is 0 Å². The van der Waals surface area contributed by atoms with Gasteiger partial charge in [0.1, 0.15) is 6.04 Å². The fourth-order valence-corrected chi connectivity index (χ4v) is 1.41. The Labute approximate surface area is 107 Å². The first kappa shape index (κ1) is 15.0. The lowest BCUT2D eigenvalue weighted by Gasteiger charge is -2.11. The summed E-state index contributed by atoms with van der Waals surface area (Å²) in [5.41, 5.74) is 4.35. The number of hydrogen-bond donors (Lipinski definition) is 2. The molecule has 0 aliphatic carbocycles. The van der Waals surface area contributed by atoms with Crippen LogP contribution in [0.5, 0.6) is 0 Å². The van der Waals surface area contributed by atoms with E-state index in [0.29, 0.717) is 0 Å². The van der Waals surface area contributed by atoms with E-state index in [-0.39, 0.29) is 12.0 Å². The van der Waals surface area contributed by atoms with E-state index in [9.17, 15) is 22.8 Å². The topological polar surface area (TPSA) is 72.2 Å². The molecule has 4 nitrogen and oxygen atoms in total. The quantitative estimate of drug-likeness (QED) is 0.867. The lowest BCUT2D eigenvalue weighted by atomic mass is 10.1. The zero-order chi connectivity index (χ0) is 14.6. The summed E-state index contributed by atoms with van der Waals surface area (Å²) in [5.74, 6) is -1.27. The molecule has 0 saturated carbocycles. The summed E-state index contributed by atoms with van der Waals surface area (Å²) in [6.45, 7) is 1.40. The van der Waals surface area contributed by atoms with Crippen molar-refractivity contribution in [2.45, 2.75) is 25.6 Å². The Morgan fingerprint density at radius 1 is 1.37 bits per heavy atom. The first-order valence-electron chi connectivity index (χ1n) is 5.45. The zero-order valence-electron chi connectivity index (χ0n) is 10.1. The highest BCUT2D eigenvalue weighted by Gasteiger charge is 2.30. The largest absolute Gasteiger partial charge is 0.416 e.